The van der Waals surface area contributed by atoms with E-state index in [1.165, 1.54) is 17.7 Å². The number of aryl methyl sites for hydroxylation is 3. The number of methoxy groups -OCH3 is 3. The van der Waals surface area contributed by atoms with Crippen LogP contribution in [0.2, 0.25) is 0 Å². The molecule has 54 heavy (non-hydrogen) atoms. The molecule has 276 valence electrons. The lowest BCUT2D eigenvalue weighted by molar-refractivity contribution is 0.0940. The van der Waals surface area contributed by atoms with Crippen molar-refractivity contribution < 1.29 is 28.1 Å². The van der Waals surface area contributed by atoms with Crippen molar-refractivity contribution in [2.75, 3.05) is 21.3 Å². The molecule has 1 amide bonds. The van der Waals surface area contributed by atoms with Crippen molar-refractivity contribution in [3.05, 3.63) is 125 Å². The highest BCUT2D eigenvalue weighted by Crippen LogP contribution is 2.38. The second-order valence-corrected chi connectivity index (χ2v) is 12.6. The van der Waals surface area contributed by atoms with Crippen LogP contribution in [0.3, 0.4) is 0 Å². The molecule has 0 atom stereocenters. The second kappa shape index (κ2) is 15.1. The number of rotatable bonds is 13. The summed E-state index contributed by atoms with van der Waals surface area (Å²) >= 11 is 0. The van der Waals surface area contributed by atoms with Crippen LogP contribution in [0.5, 0.6) is 23.0 Å². The third-order valence-corrected chi connectivity index (χ3v) is 9.12. The first-order valence-electron chi connectivity index (χ1n) is 17.1. The van der Waals surface area contributed by atoms with Crippen molar-refractivity contribution in [3.8, 4) is 45.9 Å². The van der Waals surface area contributed by atoms with E-state index in [1.54, 1.807) is 61.8 Å². The maximum Gasteiger partial charge on any atom is 0.271 e. The van der Waals surface area contributed by atoms with Crippen LogP contribution < -0.4 is 24.3 Å². The lowest BCUT2D eigenvalue weighted by atomic mass is 10.1. The molecule has 14 heteroatoms. The number of ether oxygens (including phenoxy) is 4. The summed E-state index contributed by atoms with van der Waals surface area (Å²) in [7, 11) is 6.49. The molecule has 0 aliphatic carbocycles. The standard InChI is InChI=1S/C40H39FN8O5/c1-24-21-48-31(20-42-24)33(34(41)35(48)40(50)43-19-28-14-17-30(52-5)18-32(28)53-6)38-44-45-39(49(38)22-26-12-15-29(51-4)16-13-26)36-37(25(2)46-47(36)3)54-23-27-10-8-7-9-11-27/h7-18,20-21H,19,22-23H2,1-6H3,(H,43,50). The molecule has 7 rings (SSSR count). The summed E-state index contributed by atoms with van der Waals surface area (Å²) in [5.41, 5.74) is 4.52. The van der Waals surface area contributed by atoms with E-state index in [1.807, 2.05) is 61.5 Å². The molecule has 0 unspecified atom stereocenters. The molecule has 0 aliphatic heterocycles. The number of benzene rings is 3. The number of halogens is 1. The van der Waals surface area contributed by atoms with Crippen LogP contribution >= 0.6 is 0 Å². The first kappa shape index (κ1) is 35.7. The van der Waals surface area contributed by atoms with E-state index in [2.05, 4.69) is 25.6 Å². The predicted molar refractivity (Wildman–Crippen MR) is 199 cm³/mol. The first-order valence-corrected chi connectivity index (χ1v) is 17.1. The average Bonchev–Trinajstić information content (AvgIpc) is 3.81. The monoisotopic (exact) mass is 730 g/mol. The molecule has 0 saturated heterocycles. The van der Waals surface area contributed by atoms with Gasteiger partial charge in [0.2, 0.25) is 0 Å². The highest BCUT2D eigenvalue weighted by molar-refractivity contribution is 5.98. The maximum atomic E-state index is 17.1. The summed E-state index contributed by atoms with van der Waals surface area (Å²) in [6.07, 6.45) is 3.15. The third-order valence-electron chi connectivity index (χ3n) is 9.12. The zero-order chi connectivity index (χ0) is 37.9. The highest BCUT2D eigenvalue weighted by atomic mass is 19.1. The summed E-state index contributed by atoms with van der Waals surface area (Å²) in [6, 6.07) is 22.6. The molecule has 7 aromatic rings. The van der Waals surface area contributed by atoms with Gasteiger partial charge in [0.05, 0.1) is 50.8 Å². The predicted octanol–water partition coefficient (Wildman–Crippen LogP) is 6.33. The smallest absolute Gasteiger partial charge is 0.271 e. The van der Waals surface area contributed by atoms with E-state index in [-0.39, 0.29) is 30.2 Å². The molecule has 3 aromatic carbocycles. The normalized spacial score (nSPS) is 11.2. The SMILES string of the molecule is COc1ccc(Cn2c(-c3c(F)c(C(=O)NCc4ccc(OC)cc4OC)n4cc(C)ncc34)nnc2-c2c(OCc3ccccc3)c(C)nn2C)cc1. The largest absolute Gasteiger partial charge is 0.497 e. The molecular formula is C40H39FN8O5. The van der Waals surface area contributed by atoms with Gasteiger partial charge in [0.15, 0.2) is 23.2 Å². The van der Waals surface area contributed by atoms with Gasteiger partial charge in [-0.3, -0.25) is 14.5 Å². The summed E-state index contributed by atoms with van der Waals surface area (Å²) < 4.78 is 44.7. The van der Waals surface area contributed by atoms with Crippen molar-refractivity contribution in [1.82, 2.24) is 39.2 Å². The fourth-order valence-electron chi connectivity index (χ4n) is 6.41. The van der Waals surface area contributed by atoms with Crippen molar-refractivity contribution in [2.45, 2.75) is 33.5 Å². The Labute approximate surface area is 310 Å². The van der Waals surface area contributed by atoms with E-state index in [4.69, 9.17) is 18.9 Å². The molecule has 1 N–H and O–H groups in total. The lowest BCUT2D eigenvalue weighted by Crippen LogP contribution is -2.25. The number of aromatic nitrogens is 7. The van der Waals surface area contributed by atoms with Crippen LogP contribution in [0.15, 0.2) is 85.2 Å². The zero-order valence-corrected chi connectivity index (χ0v) is 30.8. The Balaban J connectivity index is 1.35. The van der Waals surface area contributed by atoms with Gasteiger partial charge >= 0.3 is 0 Å². The summed E-state index contributed by atoms with van der Waals surface area (Å²) in [5.74, 6) is 1.49. The van der Waals surface area contributed by atoms with Crippen LogP contribution in [0, 0.1) is 19.7 Å². The number of fused-ring (bicyclic) bond motifs is 1. The van der Waals surface area contributed by atoms with Gasteiger partial charge in [-0.05, 0) is 49.2 Å². The minimum absolute atomic E-state index is 0.0626. The minimum Gasteiger partial charge on any atom is -0.497 e. The maximum absolute atomic E-state index is 17.1. The second-order valence-electron chi connectivity index (χ2n) is 12.6. The molecule has 0 saturated carbocycles. The summed E-state index contributed by atoms with van der Waals surface area (Å²) in [5, 5.41) is 16.8. The number of carbonyl (C=O) groups excluding carboxylic acids is 1. The highest BCUT2D eigenvalue weighted by Gasteiger charge is 2.31. The van der Waals surface area contributed by atoms with Gasteiger partial charge in [-0.1, -0.05) is 42.5 Å². The van der Waals surface area contributed by atoms with Gasteiger partial charge in [0.25, 0.3) is 5.91 Å². The van der Waals surface area contributed by atoms with Gasteiger partial charge in [-0.15, -0.1) is 10.2 Å². The van der Waals surface area contributed by atoms with Crippen molar-refractivity contribution >= 4 is 11.4 Å². The van der Waals surface area contributed by atoms with E-state index in [9.17, 15) is 4.79 Å². The molecule has 4 heterocycles. The van der Waals surface area contributed by atoms with E-state index < -0.39 is 11.7 Å². The Morgan fingerprint density at radius 3 is 2.31 bits per heavy atom. The van der Waals surface area contributed by atoms with Crippen molar-refractivity contribution in [2.24, 2.45) is 7.05 Å². The minimum atomic E-state index is -0.779. The Kier molecular flexibility index (Phi) is 9.99. The molecular weight excluding hydrogens is 691 g/mol. The molecule has 0 fully saturated rings. The van der Waals surface area contributed by atoms with Crippen LogP contribution in [-0.2, 0) is 26.7 Å². The lowest BCUT2D eigenvalue weighted by Gasteiger charge is -2.13. The van der Waals surface area contributed by atoms with Crippen molar-refractivity contribution in [3.63, 3.8) is 0 Å². The molecule has 0 radical (unpaired) electrons. The number of carbonyl (C=O) groups is 1. The molecule has 13 nitrogen and oxygen atoms in total. The van der Waals surface area contributed by atoms with Crippen LogP contribution in [0.4, 0.5) is 4.39 Å². The number of nitrogens with zero attached hydrogens (tertiary/aromatic N) is 7. The molecule has 0 spiro atoms. The Morgan fingerprint density at radius 2 is 1.59 bits per heavy atom. The fourth-order valence-corrected chi connectivity index (χ4v) is 6.41. The Morgan fingerprint density at radius 1 is 0.870 bits per heavy atom. The number of hydrogen-bond donors (Lipinski definition) is 1. The van der Waals surface area contributed by atoms with E-state index >= 15 is 4.39 Å². The number of hydrogen-bond acceptors (Lipinski definition) is 9. The molecule has 0 aliphatic rings. The van der Waals surface area contributed by atoms with Gasteiger partial charge in [0, 0.05) is 31.4 Å². The molecule has 4 aromatic heterocycles. The van der Waals surface area contributed by atoms with Crippen molar-refractivity contribution in [1.29, 1.82) is 0 Å². The van der Waals surface area contributed by atoms with Crippen LogP contribution in [-0.4, -0.2) is 61.2 Å². The number of nitrogens with one attached hydrogen (secondary N) is 1. The van der Waals surface area contributed by atoms with Gasteiger partial charge in [-0.25, -0.2) is 4.39 Å². The first-order chi connectivity index (χ1) is 26.2. The fraction of sp³-hybridized carbons (Fsp3) is 0.225. The van der Waals surface area contributed by atoms with Gasteiger partial charge < -0.3 is 33.2 Å². The topological polar surface area (TPSA) is 132 Å². The summed E-state index contributed by atoms with van der Waals surface area (Å²) in [4.78, 5) is 18.4. The van der Waals surface area contributed by atoms with Gasteiger partial charge in [0.1, 0.15) is 40.9 Å². The zero-order valence-electron chi connectivity index (χ0n) is 30.8. The average molecular weight is 731 g/mol. The number of amides is 1. The van der Waals surface area contributed by atoms with Crippen LogP contribution in [0.25, 0.3) is 28.4 Å². The molecule has 0 bridgehead atoms. The Hall–Kier alpha value is -6.70. The van der Waals surface area contributed by atoms with E-state index in [0.717, 1.165) is 11.1 Å². The van der Waals surface area contributed by atoms with Gasteiger partial charge in [-0.2, -0.15) is 5.10 Å². The van der Waals surface area contributed by atoms with Crippen LogP contribution in [0.1, 0.15) is 38.6 Å². The van der Waals surface area contributed by atoms with E-state index in [0.29, 0.717) is 63.6 Å². The summed E-state index contributed by atoms with van der Waals surface area (Å²) in [6.45, 7) is 4.23. The Bertz CT molecular complexity index is 2450. The quantitative estimate of drug-likeness (QED) is 0.145. The third kappa shape index (κ3) is 6.80.